The summed E-state index contributed by atoms with van der Waals surface area (Å²) < 4.78 is 0. The van der Waals surface area contributed by atoms with Gasteiger partial charge in [-0.25, -0.2) is 15.6 Å². The van der Waals surface area contributed by atoms with Crippen LogP contribution in [0.4, 0.5) is 16.2 Å². The Morgan fingerprint density at radius 2 is 1.68 bits per heavy atom. The van der Waals surface area contributed by atoms with Crippen LogP contribution in [0.5, 0.6) is 0 Å². The summed E-state index contributed by atoms with van der Waals surface area (Å²) in [4.78, 5) is 26.7. The van der Waals surface area contributed by atoms with E-state index in [9.17, 15) is 14.7 Å². The van der Waals surface area contributed by atoms with Gasteiger partial charge in [-0.3, -0.25) is 4.79 Å². The maximum Gasteiger partial charge on any atom is 0.422 e. The molecule has 2 aromatic carbocycles. The Morgan fingerprint density at radius 1 is 1.07 bits per heavy atom. The van der Waals surface area contributed by atoms with Crippen molar-refractivity contribution in [2.24, 2.45) is 5.84 Å². The van der Waals surface area contributed by atoms with Gasteiger partial charge in [-0.1, -0.05) is 42.5 Å². The molecule has 28 heavy (non-hydrogen) atoms. The van der Waals surface area contributed by atoms with Gasteiger partial charge in [0, 0.05) is 6.54 Å². The van der Waals surface area contributed by atoms with E-state index in [0.29, 0.717) is 17.1 Å². The predicted octanol–water partition coefficient (Wildman–Crippen LogP) is 2.44. The molecule has 8 nitrogen and oxygen atoms in total. The van der Waals surface area contributed by atoms with Crippen LogP contribution in [0.25, 0.3) is 0 Å². The zero-order valence-electron chi connectivity index (χ0n) is 15.3. The lowest BCUT2D eigenvalue weighted by Gasteiger charge is -2.34. The number of rotatable bonds is 4. The number of hydrazine groups is 1. The van der Waals surface area contributed by atoms with Crippen LogP contribution in [0.2, 0.25) is 0 Å². The lowest BCUT2D eigenvalue weighted by atomic mass is 10.0. The van der Waals surface area contributed by atoms with Gasteiger partial charge in [-0.2, -0.15) is 0 Å². The number of nitrogens with zero attached hydrogens (tertiary/aromatic N) is 2. The van der Waals surface area contributed by atoms with Crippen LogP contribution in [-0.4, -0.2) is 45.8 Å². The molecule has 0 spiro atoms. The van der Waals surface area contributed by atoms with Crippen LogP contribution in [0.1, 0.15) is 24.4 Å². The number of benzene rings is 2. The number of hydrogen-bond acceptors (Lipinski definition) is 5. The molecule has 0 saturated carbocycles. The smallest absolute Gasteiger partial charge is 0.422 e. The number of carboxylic acid groups (broad SMARTS) is 1. The summed E-state index contributed by atoms with van der Waals surface area (Å²) in [6.07, 6.45) is 0.203. The highest BCUT2D eigenvalue weighted by molar-refractivity contribution is 5.87. The van der Waals surface area contributed by atoms with Gasteiger partial charge in [-0.15, -0.1) is 0 Å². The highest BCUT2D eigenvalue weighted by atomic mass is 16.4. The summed E-state index contributed by atoms with van der Waals surface area (Å²) in [5.74, 6) is 5.48. The predicted molar refractivity (Wildman–Crippen MR) is 105 cm³/mol. The second kappa shape index (κ2) is 7.40. The Labute approximate surface area is 162 Å². The van der Waals surface area contributed by atoms with E-state index in [4.69, 9.17) is 5.84 Å². The van der Waals surface area contributed by atoms with Crippen LogP contribution in [0.15, 0.2) is 54.6 Å². The minimum atomic E-state index is -1.34. The maximum atomic E-state index is 13.4. The second-order valence-electron chi connectivity index (χ2n) is 7.06. The summed E-state index contributed by atoms with van der Waals surface area (Å²) in [6.45, 7) is 0.566. The minimum Gasteiger partial charge on any atom is -0.464 e. The molecule has 0 aromatic heterocycles. The molecule has 5 N–H and O–H groups in total. The molecule has 1 fully saturated rings. The van der Waals surface area contributed by atoms with Crippen LogP contribution in [-0.2, 0) is 4.79 Å². The third-order valence-corrected chi connectivity index (χ3v) is 5.36. The van der Waals surface area contributed by atoms with Crippen molar-refractivity contribution in [3.63, 3.8) is 0 Å². The van der Waals surface area contributed by atoms with Gasteiger partial charge in [-0.05, 0) is 30.5 Å². The van der Waals surface area contributed by atoms with E-state index < -0.39 is 12.1 Å². The molecule has 8 heteroatoms. The molecule has 2 aliphatic rings. The first kappa shape index (κ1) is 18.1. The molecular weight excluding hydrogens is 358 g/mol. The van der Waals surface area contributed by atoms with Crippen molar-refractivity contribution < 1.29 is 14.7 Å². The van der Waals surface area contributed by atoms with E-state index in [2.05, 4.69) is 10.6 Å². The van der Waals surface area contributed by atoms with Crippen LogP contribution in [0.3, 0.4) is 0 Å². The van der Waals surface area contributed by atoms with Crippen molar-refractivity contribution >= 4 is 23.4 Å². The Kier molecular flexibility index (Phi) is 4.79. The minimum absolute atomic E-state index is 0.103. The lowest BCUT2D eigenvalue weighted by molar-refractivity contribution is -0.137. The molecule has 0 unspecified atom stereocenters. The van der Waals surface area contributed by atoms with Crippen molar-refractivity contribution in [3.05, 3.63) is 60.2 Å². The SMILES string of the molecule is NN(C(=O)O)[C@@H](C(=O)N1CCC[C@H]1C1Nc2ccccc2N1)c1ccccc1. The number of para-hydroxylation sites is 2. The van der Waals surface area contributed by atoms with Gasteiger partial charge < -0.3 is 20.6 Å². The van der Waals surface area contributed by atoms with Crippen molar-refractivity contribution in [1.29, 1.82) is 0 Å². The Bertz CT molecular complexity index is 850. The molecule has 146 valence electrons. The maximum absolute atomic E-state index is 13.4. The largest absolute Gasteiger partial charge is 0.464 e. The second-order valence-corrected chi connectivity index (χ2v) is 7.06. The van der Waals surface area contributed by atoms with Gasteiger partial charge >= 0.3 is 6.09 Å². The fraction of sp³-hybridized carbons (Fsp3) is 0.300. The summed E-state index contributed by atoms with van der Waals surface area (Å²) >= 11 is 0. The zero-order chi connectivity index (χ0) is 19.7. The lowest BCUT2D eigenvalue weighted by Crippen LogP contribution is -2.53. The quantitative estimate of drug-likeness (QED) is 0.368. The van der Waals surface area contributed by atoms with Gasteiger partial charge in [0.05, 0.1) is 17.4 Å². The number of carbonyl (C=O) groups excluding carboxylic acids is 1. The highest BCUT2D eigenvalue weighted by Gasteiger charge is 2.42. The molecule has 2 aromatic rings. The number of fused-ring (bicyclic) bond motifs is 1. The van der Waals surface area contributed by atoms with Gasteiger partial charge in [0.15, 0.2) is 6.04 Å². The summed E-state index contributed by atoms with van der Waals surface area (Å²) in [5.41, 5.74) is 2.55. The number of likely N-dealkylation sites (tertiary alicyclic amines) is 1. The average Bonchev–Trinajstić information content (AvgIpc) is 3.35. The Hall–Kier alpha value is -3.26. The Balaban J connectivity index is 1.59. The van der Waals surface area contributed by atoms with Crippen LogP contribution < -0.4 is 16.5 Å². The highest BCUT2D eigenvalue weighted by Crippen LogP contribution is 2.34. The van der Waals surface area contributed by atoms with Gasteiger partial charge in [0.25, 0.3) is 5.91 Å². The van der Waals surface area contributed by atoms with E-state index in [1.54, 1.807) is 29.2 Å². The summed E-state index contributed by atoms with van der Waals surface area (Å²) in [5, 5.41) is 16.9. The van der Waals surface area contributed by atoms with Crippen molar-refractivity contribution in [1.82, 2.24) is 9.91 Å². The van der Waals surface area contributed by atoms with E-state index in [-0.39, 0.29) is 18.1 Å². The number of nitrogens with two attached hydrogens (primary N) is 1. The molecule has 0 radical (unpaired) electrons. The van der Waals surface area contributed by atoms with Gasteiger partial charge in [0.2, 0.25) is 0 Å². The van der Waals surface area contributed by atoms with E-state index >= 15 is 0 Å². The number of hydrogen-bond donors (Lipinski definition) is 4. The number of amides is 2. The molecule has 1 saturated heterocycles. The van der Waals surface area contributed by atoms with Crippen LogP contribution >= 0.6 is 0 Å². The molecule has 2 atom stereocenters. The van der Waals surface area contributed by atoms with E-state index in [1.165, 1.54) is 0 Å². The van der Waals surface area contributed by atoms with Crippen molar-refractivity contribution in [2.45, 2.75) is 31.1 Å². The number of anilines is 2. The number of carbonyl (C=O) groups is 2. The molecule has 2 heterocycles. The molecule has 4 rings (SSSR count). The van der Waals surface area contributed by atoms with Gasteiger partial charge in [0.1, 0.15) is 6.17 Å². The molecule has 0 aliphatic carbocycles. The topological polar surface area (TPSA) is 111 Å². The van der Waals surface area contributed by atoms with Crippen molar-refractivity contribution in [3.8, 4) is 0 Å². The van der Waals surface area contributed by atoms with E-state index in [0.717, 1.165) is 24.2 Å². The zero-order valence-corrected chi connectivity index (χ0v) is 15.3. The monoisotopic (exact) mass is 381 g/mol. The molecule has 2 aliphatic heterocycles. The van der Waals surface area contributed by atoms with Crippen molar-refractivity contribution in [2.75, 3.05) is 17.2 Å². The normalized spacial score (nSPS) is 19.5. The molecular formula is C20H23N5O3. The third kappa shape index (κ3) is 3.22. The standard InChI is InChI=1S/C20H23N5O3/c21-25(20(27)28)17(13-7-2-1-3-8-13)19(26)24-12-6-11-16(24)18-22-14-9-4-5-10-15(14)23-18/h1-5,7-10,16-18,22-23H,6,11-12,21H2,(H,27,28)/t16-,17+/m0/s1. The Morgan fingerprint density at radius 3 is 2.29 bits per heavy atom. The molecule has 2 amide bonds. The van der Waals surface area contributed by atoms with Crippen LogP contribution in [0, 0.1) is 0 Å². The fourth-order valence-corrected chi connectivity index (χ4v) is 4.04. The molecule has 0 bridgehead atoms. The summed E-state index contributed by atoms with van der Waals surface area (Å²) in [6, 6.07) is 15.5. The first-order chi connectivity index (χ1) is 13.6. The summed E-state index contributed by atoms with van der Waals surface area (Å²) in [7, 11) is 0. The van der Waals surface area contributed by atoms with E-state index in [1.807, 2.05) is 30.3 Å². The third-order valence-electron chi connectivity index (χ3n) is 5.36. The average molecular weight is 381 g/mol. The number of nitrogens with one attached hydrogen (secondary N) is 2. The first-order valence-corrected chi connectivity index (χ1v) is 9.30. The first-order valence-electron chi connectivity index (χ1n) is 9.30. The fourth-order valence-electron chi connectivity index (χ4n) is 4.04.